The van der Waals surface area contributed by atoms with Gasteiger partial charge in [0, 0.05) is 31.4 Å². The van der Waals surface area contributed by atoms with Crippen LogP contribution < -0.4 is 14.2 Å². The molecule has 35 heavy (non-hydrogen) atoms. The molecule has 0 spiro atoms. The summed E-state index contributed by atoms with van der Waals surface area (Å²) in [4.78, 5) is 51.0. The fourth-order valence-electron chi connectivity index (χ4n) is 4.60. The van der Waals surface area contributed by atoms with Gasteiger partial charge in [0.15, 0.2) is 5.78 Å². The number of hydrogen-bond donors (Lipinski definition) is 0. The summed E-state index contributed by atoms with van der Waals surface area (Å²) in [5.74, 6) is -2.45. The zero-order valence-corrected chi connectivity index (χ0v) is 19.3. The van der Waals surface area contributed by atoms with Crippen molar-refractivity contribution in [1.29, 1.82) is 0 Å². The van der Waals surface area contributed by atoms with E-state index in [9.17, 15) is 19.2 Å². The molecule has 0 bridgehead atoms. The first-order valence-electron chi connectivity index (χ1n) is 11.1. The Hall–Kier alpha value is -3.82. The number of carbonyl (C=O) groups excluding carboxylic acids is 4. The smallest absolute Gasteiger partial charge is 0.308 e. The Bertz CT molecular complexity index is 1320. The van der Waals surface area contributed by atoms with Crippen LogP contribution >= 0.6 is 0 Å². The minimum absolute atomic E-state index is 0.0266. The lowest BCUT2D eigenvalue weighted by atomic mass is 9.81. The molecule has 1 saturated heterocycles. The highest BCUT2D eigenvalue weighted by atomic mass is 16.7. The van der Waals surface area contributed by atoms with Gasteiger partial charge in [0.1, 0.15) is 17.2 Å². The molecule has 0 radical (unpaired) electrons. The topological polar surface area (TPSA) is 114 Å². The second-order valence-electron chi connectivity index (χ2n) is 8.48. The van der Waals surface area contributed by atoms with Crippen molar-refractivity contribution in [1.82, 2.24) is 0 Å². The Labute approximate surface area is 200 Å². The quantitative estimate of drug-likeness (QED) is 0.317. The van der Waals surface area contributed by atoms with Gasteiger partial charge in [-0.25, -0.2) is 0 Å². The fraction of sp³-hybridized carbons (Fsp3) is 0.308. The summed E-state index contributed by atoms with van der Waals surface area (Å²) in [6, 6.07) is 5.92. The minimum atomic E-state index is -0.810. The Kier molecular flexibility index (Phi) is 5.74. The van der Waals surface area contributed by atoms with Crippen LogP contribution in [0.2, 0.25) is 0 Å². The predicted molar refractivity (Wildman–Crippen MR) is 120 cm³/mol. The van der Waals surface area contributed by atoms with Gasteiger partial charge in [-0.15, -0.1) is 0 Å². The van der Waals surface area contributed by atoms with Crippen LogP contribution in [-0.4, -0.2) is 49.1 Å². The largest absolute Gasteiger partial charge is 0.460 e. The molecule has 2 aromatic rings. The number of carbonyl (C=O) groups is 4. The van der Waals surface area contributed by atoms with Gasteiger partial charge >= 0.3 is 11.9 Å². The monoisotopic (exact) mass is 478 g/mol. The van der Waals surface area contributed by atoms with E-state index in [-0.39, 0.29) is 45.6 Å². The SMILES string of the molecule is CC(=O)Oc1cc(C)cc2c1C(=O)c1c(OC3OCCC4OCC=C43)ccc(OC(C)=O)c1C2=O. The van der Waals surface area contributed by atoms with Crippen LogP contribution in [-0.2, 0) is 19.1 Å². The van der Waals surface area contributed by atoms with Gasteiger partial charge in [-0.05, 0) is 36.8 Å². The molecule has 180 valence electrons. The standard InChI is InChI=1S/C26H22O9/c1-12-10-16-21(20(11-12)34-14(3)28)25(30)23-19(5-4-18(33-13(2)27)22(23)24(16)29)35-26-15-6-8-31-17(15)7-9-32-26/h4-6,10-11,17,26H,7-9H2,1-3H3. The molecule has 2 atom stereocenters. The van der Waals surface area contributed by atoms with Crippen molar-refractivity contribution in [2.24, 2.45) is 0 Å². The van der Waals surface area contributed by atoms with E-state index >= 15 is 0 Å². The van der Waals surface area contributed by atoms with Gasteiger partial charge in [-0.1, -0.05) is 6.08 Å². The van der Waals surface area contributed by atoms with Crippen LogP contribution in [0.15, 0.2) is 35.9 Å². The molecule has 0 amide bonds. The Morgan fingerprint density at radius 2 is 1.57 bits per heavy atom. The number of hydrogen-bond acceptors (Lipinski definition) is 9. The van der Waals surface area contributed by atoms with Crippen molar-refractivity contribution >= 4 is 23.5 Å². The number of ether oxygens (including phenoxy) is 5. The lowest BCUT2D eigenvalue weighted by molar-refractivity contribution is -0.132. The van der Waals surface area contributed by atoms with E-state index in [1.165, 1.54) is 38.1 Å². The highest BCUT2D eigenvalue weighted by Gasteiger charge is 2.40. The summed E-state index contributed by atoms with van der Waals surface area (Å²) >= 11 is 0. The van der Waals surface area contributed by atoms with Gasteiger partial charge in [0.05, 0.1) is 36.0 Å². The first kappa shape index (κ1) is 22.9. The third-order valence-corrected chi connectivity index (χ3v) is 5.95. The summed E-state index contributed by atoms with van der Waals surface area (Å²) in [6.45, 7) is 4.95. The van der Waals surface area contributed by atoms with E-state index in [0.29, 0.717) is 25.2 Å². The van der Waals surface area contributed by atoms with Gasteiger partial charge in [0.25, 0.3) is 0 Å². The van der Waals surface area contributed by atoms with Crippen molar-refractivity contribution in [3.8, 4) is 17.2 Å². The van der Waals surface area contributed by atoms with Crippen molar-refractivity contribution in [2.75, 3.05) is 13.2 Å². The van der Waals surface area contributed by atoms with Crippen LogP contribution in [0, 0.1) is 6.92 Å². The molecule has 1 fully saturated rings. The number of aryl methyl sites for hydroxylation is 1. The number of rotatable bonds is 4. The van der Waals surface area contributed by atoms with Crippen LogP contribution in [0.5, 0.6) is 17.2 Å². The summed E-state index contributed by atoms with van der Waals surface area (Å²) in [5.41, 5.74) is 1.22. The van der Waals surface area contributed by atoms with E-state index in [1.54, 1.807) is 6.92 Å². The molecule has 9 nitrogen and oxygen atoms in total. The van der Waals surface area contributed by atoms with E-state index in [1.807, 2.05) is 6.08 Å². The summed E-state index contributed by atoms with van der Waals surface area (Å²) in [5, 5.41) is 0. The minimum Gasteiger partial charge on any atom is -0.460 e. The highest BCUT2D eigenvalue weighted by Crippen LogP contribution is 2.43. The van der Waals surface area contributed by atoms with E-state index in [2.05, 4.69) is 0 Å². The molecular weight excluding hydrogens is 456 g/mol. The number of ketones is 2. The van der Waals surface area contributed by atoms with Crippen molar-refractivity contribution in [3.05, 3.63) is 63.7 Å². The normalized spacial score (nSPS) is 20.4. The number of benzene rings is 2. The molecule has 9 heteroatoms. The first-order chi connectivity index (χ1) is 16.7. The predicted octanol–water partition coefficient (Wildman–Crippen LogP) is 3.07. The molecule has 2 heterocycles. The first-order valence-corrected chi connectivity index (χ1v) is 11.1. The highest BCUT2D eigenvalue weighted by molar-refractivity contribution is 6.31. The molecule has 0 aromatic heterocycles. The van der Waals surface area contributed by atoms with Gasteiger partial charge in [-0.3, -0.25) is 19.2 Å². The number of fused-ring (bicyclic) bond motifs is 3. The van der Waals surface area contributed by atoms with Crippen molar-refractivity contribution in [3.63, 3.8) is 0 Å². The van der Waals surface area contributed by atoms with E-state index in [0.717, 1.165) is 5.57 Å². The average molecular weight is 478 g/mol. The molecule has 2 aromatic carbocycles. The molecule has 0 N–H and O–H groups in total. The molecule has 2 unspecified atom stereocenters. The summed E-state index contributed by atoms with van der Waals surface area (Å²) in [6.07, 6.45) is 1.61. The number of esters is 2. The summed E-state index contributed by atoms with van der Waals surface area (Å²) in [7, 11) is 0. The third kappa shape index (κ3) is 4.02. The van der Waals surface area contributed by atoms with Gasteiger partial charge in [0.2, 0.25) is 12.1 Å². The second-order valence-corrected chi connectivity index (χ2v) is 8.48. The maximum absolute atomic E-state index is 13.9. The van der Waals surface area contributed by atoms with Crippen LogP contribution in [0.25, 0.3) is 0 Å². The third-order valence-electron chi connectivity index (χ3n) is 5.95. The molecule has 2 aliphatic heterocycles. The molecular formula is C26H22O9. The molecule has 1 aliphatic carbocycles. The van der Waals surface area contributed by atoms with Crippen LogP contribution in [0.4, 0.5) is 0 Å². The van der Waals surface area contributed by atoms with E-state index < -0.39 is 29.8 Å². The zero-order chi connectivity index (χ0) is 24.9. The summed E-state index contributed by atoms with van der Waals surface area (Å²) < 4.78 is 28.1. The van der Waals surface area contributed by atoms with Crippen LogP contribution in [0.1, 0.15) is 57.7 Å². The van der Waals surface area contributed by atoms with Gasteiger partial charge in [-0.2, -0.15) is 0 Å². The maximum atomic E-state index is 13.9. The maximum Gasteiger partial charge on any atom is 0.308 e. The Morgan fingerprint density at radius 3 is 2.31 bits per heavy atom. The van der Waals surface area contributed by atoms with Crippen molar-refractivity contribution in [2.45, 2.75) is 39.6 Å². The van der Waals surface area contributed by atoms with Crippen LogP contribution in [0.3, 0.4) is 0 Å². The lowest BCUT2D eigenvalue weighted by Crippen LogP contribution is -2.36. The fourth-order valence-corrected chi connectivity index (χ4v) is 4.60. The Balaban J connectivity index is 1.67. The van der Waals surface area contributed by atoms with Crippen molar-refractivity contribution < 1.29 is 42.9 Å². The molecule has 0 saturated carbocycles. The Morgan fingerprint density at radius 1 is 0.886 bits per heavy atom. The second kappa shape index (κ2) is 8.75. The molecule has 3 aliphatic rings. The molecule has 5 rings (SSSR count). The lowest BCUT2D eigenvalue weighted by Gasteiger charge is -2.31. The van der Waals surface area contributed by atoms with E-state index in [4.69, 9.17) is 23.7 Å². The van der Waals surface area contributed by atoms with Gasteiger partial charge < -0.3 is 23.7 Å². The zero-order valence-electron chi connectivity index (χ0n) is 19.3. The average Bonchev–Trinajstić information content (AvgIpc) is 3.27.